The van der Waals surface area contributed by atoms with Crippen LogP contribution in [-0.4, -0.2) is 41.0 Å². The van der Waals surface area contributed by atoms with E-state index in [-0.39, 0.29) is 0 Å². The number of primary amides is 1. The Balaban J connectivity index is 2.81. The lowest BCUT2D eigenvalue weighted by Crippen LogP contribution is -2.43. The second-order valence-corrected chi connectivity index (χ2v) is 4.45. The summed E-state index contributed by atoms with van der Waals surface area (Å²) in [6, 6.07) is 4.61. The molecule has 0 spiro atoms. The molecule has 0 aliphatic rings. The largest absolute Gasteiger partial charge is 0.480 e. The molecule has 1 aromatic carbocycles. The number of carboxylic acids is 1. The van der Waals surface area contributed by atoms with Crippen LogP contribution in [0.5, 0.6) is 0 Å². The van der Waals surface area contributed by atoms with Gasteiger partial charge in [-0.05, 0) is 37.1 Å². The SMILES string of the molecule is Cc1ccc(NC(=O)N(CC(N)=O)CC(=O)O)cc1C. The Hall–Kier alpha value is -2.57. The van der Waals surface area contributed by atoms with E-state index in [0.717, 1.165) is 16.0 Å². The Kier molecular flexibility index (Phi) is 5.08. The zero-order valence-electron chi connectivity index (χ0n) is 11.3. The average Bonchev–Trinajstić information content (AvgIpc) is 2.32. The van der Waals surface area contributed by atoms with Crippen molar-refractivity contribution in [1.82, 2.24) is 4.90 Å². The lowest BCUT2D eigenvalue weighted by molar-refractivity contribution is -0.137. The van der Waals surface area contributed by atoms with Gasteiger partial charge < -0.3 is 21.1 Å². The van der Waals surface area contributed by atoms with Crippen molar-refractivity contribution < 1.29 is 19.5 Å². The molecule has 0 radical (unpaired) electrons. The molecule has 0 bridgehead atoms. The van der Waals surface area contributed by atoms with Crippen LogP contribution in [0.3, 0.4) is 0 Å². The van der Waals surface area contributed by atoms with Crippen LogP contribution in [0.1, 0.15) is 11.1 Å². The number of aliphatic carboxylic acids is 1. The molecule has 20 heavy (non-hydrogen) atoms. The summed E-state index contributed by atoms with van der Waals surface area (Å²) < 4.78 is 0. The molecule has 4 N–H and O–H groups in total. The fourth-order valence-electron chi connectivity index (χ4n) is 1.57. The van der Waals surface area contributed by atoms with Crippen LogP contribution in [0, 0.1) is 13.8 Å². The van der Waals surface area contributed by atoms with E-state index >= 15 is 0 Å². The van der Waals surface area contributed by atoms with Crippen molar-refractivity contribution in [1.29, 1.82) is 0 Å². The number of nitrogens with zero attached hydrogens (tertiary/aromatic N) is 1. The molecule has 0 aromatic heterocycles. The fraction of sp³-hybridized carbons (Fsp3) is 0.308. The number of nitrogens with two attached hydrogens (primary N) is 1. The van der Waals surface area contributed by atoms with Crippen LogP contribution in [0.25, 0.3) is 0 Å². The molecule has 7 heteroatoms. The molecule has 1 aromatic rings. The highest BCUT2D eigenvalue weighted by molar-refractivity contribution is 5.94. The summed E-state index contributed by atoms with van der Waals surface area (Å²) in [5, 5.41) is 11.3. The molecule has 0 heterocycles. The highest BCUT2D eigenvalue weighted by Crippen LogP contribution is 2.14. The van der Waals surface area contributed by atoms with Crippen molar-refractivity contribution in [3.63, 3.8) is 0 Å². The van der Waals surface area contributed by atoms with Gasteiger partial charge in [0.25, 0.3) is 0 Å². The first-order valence-electron chi connectivity index (χ1n) is 5.93. The highest BCUT2D eigenvalue weighted by Gasteiger charge is 2.18. The van der Waals surface area contributed by atoms with Gasteiger partial charge in [-0.2, -0.15) is 0 Å². The maximum atomic E-state index is 11.9. The van der Waals surface area contributed by atoms with Crippen LogP contribution in [0.15, 0.2) is 18.2 Å². The predicted octanol–water partition coefficient (Wildman–Crippen LogP) is 0.707. The van der Waals surface area contributed by atoms with E-state index in [4.69, 9.17) is 10.8 Å². The van der Waals surface area contributed by atoms with Gasteiger partial charge in [-0.15, -0.1) is 0 Å². The number of carbonyl (C=O) groups excluding carboxylic acids is 2. The molecule has 0 saturated carbocycles. The van der Waals surface area contributed by atoms with Crippen molar-refractivity contribution in [2.45, 2.75) is 13.8 Å². The molecule has 108 valence electrons. The molecule has 1 rings (SSSR count). The highest BCUT2D eigenvalue weighted by atomic mass is 16.4. The number of carbonyl (C=O) groups is 3. The van der Waals surface area contributed by atoms with Crippen molar-refractivity contribution in [2.75, 3.05) is 18.4 Å². The summed E-state index contributed by atoms with van der Waals surface area (Å²) in [5.74, 6) is -2.00. The van der Waals surface area contributed by atoms with Crippen molar-refractivity contribution in [3.05, 3.63) is 29.3 Å². The maximum Gasteiger partial charge on any atom is 0.323 e. The van der Waals surface area contributed by atoms with Crippen LogP contribution < -0.4 is 11.1 Å². The minimum atomic E-state index is -1.22. The number of amides is 3. The lowest BCUT2D eigenvalue weighted by atomic mass is 10.1. The summed E-state index contributed by atoms with van der Waals surface area (Å²) in [4.78, 5) is 34.3. The van der Waals surface area contributed by atoms with Gasteiger partial charge in [0.2, 0.25) is 5.91 Å². The van der Waals surface area contributed by atoms with E-state index in [1.165, 1.54) is 0 Å². The summed E-state index contributed by atoms with van der Waals surface area (Å²) in [7, 11) is 0. The third kappa shape index (κ3) is 4.60. The van der Waals surface area contributed by atoms with E-state index in [1.54, 1.807) is 12.1 Å². The van der Waals surface area contributed by atoms with Gasteiger partial charge in [0.05, 0.1) is 0 Å². The van der Waals surface area contributed by atoms with Crippen molar-refractivity contribution in [3.8, 4) is 0 Å². The molecule has 0 aliphatic heterocycles. The van der Waals surface area contributed by atoms with Crippen molar-refractivity contribution in [2.24, 2.45) is 5.73 Å². The Morgan fingerprint density at radius 2 is 1.85 bits per heavy atom. The summed E-state index contributed by atoms with van der Waals surface area (Å²) >= 11 is 0. The normalized spacial score (nSPS) is 9.90. The number of aryl methyl sites for hydroxylation is 2. The van der Waals surface area contributed by atoms with Gasteiger partial charge in [-0.3, -0.25) is 9.59 Å². The molecular weight excluding hydrogens is 262 g/mol. The Morgan fingerprint density at radius 1 is 1.20 bits per heavy atom. The molecule has 0 aliphatic carbocycles. The molecule has 0 fully saturated rings. The molecule has 0 atom stereocenters. The first-order valence-corrected chi connectivity index (χ1v) is 5.93. The first-order chi connectivity index (χ1) is 9.29. The smallest absolute Gasteiger partial charge is 0.323 e. The standard InChI is InChI=1S/C13H17N3O4/c1-8-3-4-10(5-9(8)2)15-13(20)16(6-11(14)17)7-12(18)19/h3-5H,6-7H2,1-2H3,(H2,14,17)(H,15,20)(H,18,19). The third-order valence-corrected chi connectivity index (χ3v) is 2.72. The zero-order chi connectivity index (χ0) is 15.3. The molecule has 7 nitrogen and oxygen atoms in total. The zero-order valence-corrected chi connectivity index (χ0v) is 11.3. The first kappa shape index (κ1) is 15.5. The minimum absolute atomic E-state index is 0.455. The number of carboxylic acid groups (broad SMARTS) is 1. The quantitative estimate of drug-likeness (QED) is 0.736. The van der Waals surface area contributed by atoms with Gasteiger partial charge in [-0.25, -0.2) is 4.79 Å². The van der Waals surface area contributed by atoms with E-state index in [0.29, 0.717) is 5.69 Å². The summed E-state index contributed by atoms with van der Waals surface area (Å²) in [5.41, 5.74) is 7.58. The topological polar surface area (TPSA) is 113 Å². The number of urea groups is 1. The summed E-state index contributed by atoms with van der Waals surface area (Å²) in [6.07, 6.45) is 0. The van der Waals surface area contributed by atoms with Crippen molar-refractivity contribution >= 4 is 23.6 Å². The van der Waals surface area contributed by atoms with Gasteiger partial charge in [0.15, 0.2) is 0 Å². The maximum absolute atomic E-state index is 11.9. The van der Waals surface area contributed by atoms with Crippen LogP contribution in [0.4, 0.5) is 10.5 Å². The Labute approximate surface area is 116 Å². The second-order valence-electron chi connectivity index (χ2n) is 4.45. The number of hydrogen-bond donors (Lipinski definition) is 3. The van der Waals surface area contributed by atoms with E-state index in [9.17, 15) is 14.4 Å². The number of anilines is 1. The van der Waals surface area contributed by atoms with Gasteiger partial charge in [-0.1, -0.05) is 6.07 Å². The van der Waals surface area contributed by atoms with E-state index in [2.05, 4.69) is 5.32 Å². The summed E-state index contributed by atoms with van der Waals surface area (Å²) in [6.45, 7) is 2.77. The minimum Gasteiger partial charge on any atom is -0.480 e. The number of benzene rings is 1. The van der Waals surface area contributed by atoms with Crippen LogP contribution in [-0.2, 0) is 9.59 Å². The van der Waals surface area contributed by atoms with Crippen LogP contribution in [0.2, 0.25) is 0 Å². The van der Waals surface area contributed by atoms with Gasteiger partial charge >= 0.3 is 12.0 Å². The van der Waals surface area contributed by atoms with E-state index < -0.39 is 31.0 Å². The second kappa shape index (κ2) is 6.55. The van der Waals surface area contributed by atoms with Gasteiger partial charge in [0.1, 0.15) is 13.1 Å². The Bertz CT molecular complexity index is 526. The molecule has 3 amide bonds. The van der Waals surface area contributed by atoms with Crippen LogP contribution >= 0.6 is 0 Å². The van der Waals surface area contributed by atoms with Gasteiger partial charge in [0, 0.05) is 5.69 Å². The molecule has 0 saturated heterocycles. The molecule has 0 unspecified atom stereocenters. The average molecular weight is 279 g/mol. The fourth-order valence-corrected chi connectivity index (χ4v) is 1.57. The Morgan fingerprint density at radius 3 is 2.35 bits per heavy atom. The number of rotatable bonds is 5. The number of nitrogens with one attached hydrogen (secondary N) is 1. The third-order valence-electron chi connectivity index (χ3n) is 2.72. The molecular formula is C13H17N3O4. The number of hydrogen-bond acceptors (Lipinski definition) is 3. The van der Waals surface area contributed by atoms with E-state index in [1.807, 2.05) is 19.9 Å². The lowest BCUT2D eigenvalue weighted by Gasteiger charge is -2.19. The monoisotopic (exact) mass is 279 g/mol. The predicted molar refractivity (Wildman–Crippen MR) is 73.3 cm³/mol.